The van der Waals surface area contributed by atoms with Crippen LogP contribution >= 0.6 is 22.9 Å². The first-order valence-corrected chi connectivity index (χ1v) is 7.67. The molecule has 0 aliphatic rings. The summed E-state index contributed by atoms with van der Waals surface area (Å²) in [5.74, 6) is 0.456. The highest BCUT2D eigenvalue weighted by Crippen LogP contribution is 2.31. The van der Waals surface area contributed by atoms with Gasteiger partial charge in [-0.25, -0.2) is 4.98 Å². The molecular weight excluding hydrogens is 308 g/mol. The molecule has 1 N–H and O–H groups in total. The topological polar surface area (TPSA) is 51.2 Å². The molecule has 0 saturated heterocycles. The average molecular weight is 325 g/mol. The SMILES string of the molecule is COc1cc(Cl)c(C)cc1NC(=O)Cc1sc(C)nc1C. The third-order valence-corrected chi connectivity index (χ3v) is 4.56. The van der Waals surface area contributed by atoms with Gasteiger partial charge in [0.25, 0.3) is 0 Å². The first kappa shape index (κ1) is 15.8. The number of nitrogens with one attached hydrogen (secondary N) is 1. The Balaban J connectivity index is 2.16. The predicted octanol–water partition coefficient (Wildman–Crippen LogP) is 3.91. The van der Waals surface area contributed by atoms with E-state index in [1.165, 1.54) is 0 Å². The van der Waals surface area contributed by atoms with Gasteiger partial charge in [-0.15, -0.1) is 11.3 Å². The van der Waals surface area contributed by atoms with Gasteiger partial charge in [0.1, 0.15) is 5.75 Å². The van der Waals surface area contributed by atoms with Crippen LogP contribution < -0.4 is 10.1 Å². The Kier molecular flexibility index (Phi) is 4.85. The maximum Gasteiger partial charge on any atom is 0.229 e. The first-order chi connectivity index (χ1) is 9.90. The maximum absolute atomic E-state index is 12.2. The Hall–Kier alpha value is -1.59. The molecule has 1 heterocycles. The van der Waals surface area contributed by atoms with Gasteiger partial charge < -0.3 is 10.1 Å². The number of benzene rings is 1. The van der Waals surface area contributed by atoms with E-state index in [4.69, 9.17) is 16.3 Å². The Bertz CT molecular complexity index is 683. The van der Waals surface area contributed by atoms with E-state index in [1.54, 1.807) is 24.5 Å². The van der Waals surface area contributed by atoms with E-state index in [1.807, 2.05) is 26.8 Å². The minimum atomic E-state index is -0.0956. The number of halogens is 1. The fourth-order valence-electron chi connectivity index (χ4n) is 2.01. The lowest BCUT2D eigenvalue weighted by Crippen LogP contribution is -2.15. The third-order valence-electron chi connectivity index (χ3n) is 3.08. The van der Waals surface area contributed by atoms with E-state index < -0.39 is 0 Å². The molecule has 1 aromatic heterocycles. The number of ether oxygens (including phenoxy) is 1. The number of carbonyl (C=O) groups is 1. The summed E-state index contributed by atoms with van der Waals surface area (Å²) in [6.45, 7) is 5.73. The van der Waals surface area contributed by atoms with Gasteiger partial charge >= 0.3 is 0 Å². The van der Waals surface area contributed by atoms with E-state index in [0.717, 1.165) is 21.1 Å². The summed E-state index contributed by atoms with van der Waals surface area (Å²) in [5, 5.41) is 4.45. The van der Waals surface area contributed by atoms with E-state index >= 15 is 0 Å². The van der Waals surface area contributed by atoms with Crippen LogP contribution in [0.1, 0.15) is 21.1 Å². The smallest absolute Gasteiger partial charge is 0.229 e. The summed E-state index contributed by atoms with van der Waals surface area (Å²) in [4.78, 5) is 17.5. The number of anilines is 1. The lowest BCUT2D eigenvalue weighted by Gasteiger charge is -2.12. The Morgan fingerprint density at radius 1 is 1.38 bits per heavy atom. The molecule has 112 valence electrons. The molecule has 0 aliphatic heterocycles. The number of hydrogen-bond donors (Lipinski definition) is 1. The minimum absolute atomic E-state index is 0.0956. The van der Waals surface area contributed by atoms with Gasteiger partial charge in [-0.05, 0) is 32.4 Å². The fourth-order valence-corrected chi connectivity index (χ4v) is 3.10. The minimum Gasteiger partial charge on any atom is -0.495 e. The summed E-state index contributed by atoms with van der Waals surface area (Å²) in [5.41, 5.74) is 2.42. The molecule has 2 rings (SSSR count). The van der Waals surface area contributed by atoms with Crippen molar-refractivity contribution in [1.29, 1.82) is 0 Å². The number of carbonyl (C=O) groups excluding carboxylic acids is 1. The highest BCUT2D eigenvalue weighted by molar-refractivity contribution is 7.11. The molecule has 6 heteroatoms. The summed E-state index contributed by atoms with van der Waals surface area (Å²) in [6.07, 6.45) is 0.308. The van der Waals surface area contributed by atoms with Crippen LogP contribution in [0.25, 0.3) is 0 Å². The fraction of sp³-hybridized carbons (Fsp3) is 0.333. The molecule has 21 heavy (non-hydrogen) atoms. The second-order valence-electron chi connectivity index (χ2n) is 4.77. The number of hydrogen-bond acceptors (Lipinski definition) is 4. The zero-order valence-electron chi connectivity index (χ0n) is 12.4. The van der Waals surface area contributed by atoms with Crippen molar-refractivity contribution >= 4 is 34.5 Å². The molecule has 0 fully saturated rings. The van der Waals surface area contributed by atoms with E-state index in [0.29, 0.717) is 22.9 Å². The van der Waals surface area contributed by atoms with Crippen LogP contribution in [0.5, 0.6) is 5.75 Å². The van der Waals surface area contributed by atoms with Crippen LogP contribution in [0, 0.1) is 20.8 Å². The lowest BCUT2D eigenvalue weighted by atomic mass is 10.2. The van der Waals surface area contributed by atoms with Crippen molar-refractivity contribution in [2.45, 2.75) is 27.2 Å². The highest BCUT2D eigenvalue weighted by Gasteiger charge is 2.13. The van der Waals surface area contributed by atoms with Crippen LogP contribution in [-0.2, 0) is 11.2 Å². The molecule has 0 bridgehead atoms. The van der Waals surface area contributed by atoms with Gasteiger partial charge in [-0.2, -0.15) is 0 Å². The van der Waals surface area contributed by atoms with Crippen LogP contribution in [0.15, 0.2) is 12.1 Å². The molecule has 0 saturated carbocycles. The number of methoxy groups -OCH3 is 1. The molecule has 2 aromatic rings. The predicted molar refractivity (Wildman–Crippen MR) is 86.7 cm³/mol. The number of aryl methyl sites for hydroxylation is 3. The Labute approximate surface area is 133 Å². The van der Waals surface area contributed by atoms with Crippen molar-refractivity contribution in [1.82, 2.24) is 4.98 Å². The summed E-state index contributed by atoms with van der Waals surface area (Å²) < 4.78 is 5.25. The van der Waals surface area contributed by atoms with Gasteiger partial charge in [-0.1, -0.05) is 11.6 Å². The maximum atomic E-state index is 12.2. The van der Waals surface area contributed by atoms with Gasteiger partial charge in [-0.3, -0.25) is 4.79 Å². The molecular formula is C15H17ClN2O2S. The Morgan fingerprint density at radius 2 is 2.10 bits per heavy atom. The molecule has 0 radical (unpaired) electrons. The number of aromatic nitrogens is 1. The van der Waals surface area contributed by atoms with Gasteiger partial charge in [0, 0.05) is 16.0 Å². The largest absolute Gasteiger partial charge is 0.495 e. The van der Waals surface area contributed by atoms with Gasteiger partial charge in [0.2, 0.25) is 5.91 Å². The van der Waals surface area contributed by atoms with Crippen molar-refractivity contribution in [2.24, 2.45) is 0 Å². The second kappa shape index (κ2) is 6.45. The summed E-state index contributed by atoms with van der Waals surface area (Å²) in [6, 6.07) is 3.51. The summed E-state index contributed by atoms with van der Waals surface area (Å²) >= 11 is 7.60. The van der Waals surface area contributed by atoms with Crippen LogP contribution in [0.2, 0.25) is 5.02 Å². The zero-order valence-corrected chi connectivity index (χ0v) is 14.0. The zero-order chi connectivity index (χ0) is 15.6. The van der Waals surface area contributed by atoms with Crippen molar-refractivity contribution < 1.29 is 9.53 Å². The summed E-state index contributed by atoms with van der Waals surface area (Å²) in [7, 11) is 1.55. The lowest BCUT2D eigenvalue weighted by molar-refractivity contribution is -0.115. The van der Waals surface area contributed by atoms with Crippen molar-refractivity contribution in [2.75, 3.05) is 12.4 Å². The van der Waals surface area contributed by atoms with Crippen molar-refractivity contribution in [3.63, 3.8) is 0 Å². The van der Waals surface area contributed by atoms with Crippen molar-refractivity contribution in [3.05, 3.63) is 38.3 Å². The quantitative estimate of drug-likeness (QED) is 0.927. The molecule has 4 nitrogen and oxygen atoms in total. The number of nitrogens with zero attached hydrogens (tertiary/aromatic N) is 1. The van der Waals surface area contributed by atoms with E-state index in [2.05, 4.69) is 10.3 Å². The molecule has 1 aromatic carbocycles. The molecule has 0 unspecified atom stereocenters. The number of amides is 1. The number of rotatable bonds is 4. The molecule has 0 atom stereocenters. The van der Waals surface area contributed by atoms with E-state index in [-0.39, 0.29) is 5.91 Å². The third kappa shape index (κ3) is 3.74. The van der Waals surface area contributed by atoms with Gasteiger partial charge in [0.15, 0.2) is 0 Å². The van der Waals surface area contributed by atoms with E-state index in [9.17, 15) is 4.79 Å². The number of thiazole rings is 1. The average Bonchev–Trinajstić information content (AvgIpc) is 2.71. The van der Waals surface area contributed by atoms with Crippen molar-refractivity contribution in [3.8, 4) is 5.75 Å². The standard InChI is InChI=1S/C15H17ClN2O2S/c1-8-5-12(13(20-4)6-11(8)16)18-15(19)7-14-9(2)17-10(3)21-14/h5-6H,7H2,1-4H3,(H,18,19). The van der Waals surface area contributed by atoms with Gasteiger partial charge in [0.05, 0.1) is 29.9 Å². The van der Waals surface area contributed by atoms with Crippen LogP contribution in [0.4, 0.5) is 5.69 Å². The van der Waals surface area contributed by atoms with Crippen LogP contribution in [0.3, 0.4) is 0 Å². The molecule has 0 spiro atoms. The second-order valence-corrected chi connectivity index (χ2v) is 6.46. The Morgan fingerprint density at radius 3 is 2.67 bits per heavy atom. The normalized spacial score (nSPS) is 10.5. The molecule has 1 amide bonds. The highest BCUT2D eigenvalue weighted by atomic mass is 35.5. The molecule has 0 aliphatic carbocycles. The van der Waals surface area contributed by atoms with Crippen LogP contribution in [-0.4, -0.2) is 18.0 Å². The first-order valence-electron chi connectivity index (χ1n) is 6.47. The monoisotopic (exact) mass is 324 g/mol.